The number of anilines is 1. The van der Waals surface area contributed by atoms with Crippen LogP contribution >= 0.6 is 23.2 Å². The number of nitrogens with zero attached hydrogens (tertiary/aromatic N) is 1. The minimum absolute atomic E-state index is 0.195. The highest BCUT2D eigenvalue weighted by Crippen LogP contribution is 2.24. The molecule has 0 aliphatic heterocycles. The van der Waals surface area contributed by atoms with Crippen molar-refractivity contribution in [2.45, 2.75) is 0 Å². The second kappa shape index (κ2) is 7.23. The Hall–Kier alpha value is -2.42. The largest absolute Gasteiger partial charge is 0.342 e. The fourth-order valence-corrected chi connectivity index (χ4v) is 2.28. The summed E-state index contributed by atoms with van der Waals surface area (Å²) in [6, 6.07) is 8.29. The molecule has 2 aromatic rings. The zero-order valence-electron chi connectivity index (χ0n) is 12.2. The van der Waals surface area contributed by atoms with E-state index in [0.29, 0.717) is 11.3 Å². The monoisotopic (exact) mass is 349 g/mol. The van der Waals surface area contributed by atoms with Crippen molar-refractivity contribution < 1.29 is 9.59 Å². The van der Waals surface area contributed by atoms with Crippen LogP contribution < -0.4 is 10.6 Å². The van der Waals surface area contributed by atoms with Crippen molar-refractivity contribution in [2.24, 2.45) is 7.05 Å². The molecule has 0 aliphatic carbocycles. The first kappa shape index (κ1) is 16.9. The molecule has 0 radical (unpaired) electrons. The van der Waals surface area contributed by atoms with Crippen molar-refractivity contribution in [3.63, 3.8) is 0 Å². The van der Waals surface area contributed by atoms with E-state index in [4.69, 9.17) is 29.6 Å². The Morgan fingerprint density at radius 2 is 2.04 bits per heavy atom. The molecule has 7 heteroatoms. The molecule has 0 saturated heterocycles. The van der Waals surface area contributed by atoms with Crippen LogP contribution in [0.5, 0.6) is 0 Å². The lowest BCUT2D eigenvalue weighted by atomic mass is 10.2. The van der Waals surface area contributed by atoms with Gasteiger partial charge in [-0.3, -0.25) is 9.59 Å². The van der Waals surface area contributed by atoms with E-state index in [1.54, 1.807) is 31.3 Å². The Balaban J connectivity index is 1.95. The highest BCUT2D eigenvalue weighted by molar-refractivity contribution is 6.41. The van der Waals surface area contributed by atoms with Gasteiger partial charge in [0.05, 0.1) is 11.6 Å². The molecule has 0 unspecified atom stereocenters. The lowest BCUT2D eigenvalue weighted by Gasteiger charge is -2.08. The standard InChI is InChI=1S/C16H13Cl2N3O2/c1-3-10-5-4-6-11(7-10)20-14(22)9-19-16(23)13-8-12(17)15(18)21(13)2/h1,4-8H,9H2,2H3,(H,19,23)(H,20,22). The highest BCUT2D eigenvalue weighted by atomic mass is 35.5. The van der Waals surface area contributed by atoms with Gasteiger partial charge in [-0.25, -0.2) is 0 Å². The first-order valence-corrected chi connectivity index (χ1v) is 7.33. The molecule has 1 heterocycles. The molecule has 1 aromatic heterocycles. The second-order valence-electron chi connectivity index (χ2n) is 4.68. The molecule has 118 valence electrons. The first-order valence-electron chi connectivity index (χ1n) is 6.58. The number of nitrogens with one attached hydrogen (secondary N) is 2. The van der Waals surface area contributed by atoms with Crippen molar-refractivity contribution in [3.05, 3.63) is 51.8 Å². The summed E-state index contributed by atoms with van der Waals surface area (Å²) in [4.78, 5) is 23.9. The summed E-state index contributed by atoms with van der Waals surface area (Å²) in [6.07, 6.45) is 5.30. The molecular weight excluding hydrogens is 337 g/mol. The summed E-state index contributed by atoms with van der Waals surface area (Å²) >= 11 is 11.7. The fraction of sp³-hybridized carbons (Fsp3) is 0.125. The van der Waals surface area contributed by atoms with Gasteiger partial charge in [-0.15, -0.1) is 6.42 Å². The predicted molar refractivity (Wildman–Crippen MR) is 90.8 cm³/mol. The smallest absolute Gasteiger partial charge is 0.268 e. The SMILES string of the molecule is C#Cc1cccc(NC(=O)CNC(=O)c2cc(Cl)c(Cl)n2C)c1. The zero-order valence-corrected chi connectivity index (χ0v) is 13.7. The zero-order chi connectivity index (χ0) is 17.0. The van der Waals surface area contributed by atoms with Crippen LogP contribution in [0.1, 0.15) is 16.1 Å². The first-order chi connectivity index (χ1) is 10.9. The van der Waals surface area contributed by atoms with E-state index in [2.05, 4.69) is 16.6 Å². The van der Waals surface area contributed by atoms with Gasteiger partial charge in [0.25, 0.3) is 5.91 Å². The number of hydrogen-bond acceptors (Lipinski definition) is 2. The number of rotatable bonds is 4. The van der Waals surface area contributed by atoms with E-state index < -0.39 is 5.91 Å². The maximum atomic E-state index is 12.0. The molecule has 1 aromatic carbocycles. The van der Waals surface area contributed by atoms with Crippen molar-refractivity contribution in [2.75, 3.05) is 11.9 Å². The Labute approximate surface area is 143 Å². The number of benzene rings is 1. The molecule has 0 fully saturated rings. The maximum absolute atomic E-state index is 12.0. The maximum Gasteiger partial charge on any atom is 0.268 e. The number of aromatic nitrogens is 1. The minimum atomic E-state index is -0.450. The molecule has 0 saturated carbocycles. The number of hydrogen-bond donors (Lipinski definition) is 2. The lowest BCUT2D eigenvalue weighted by molar-refractivity contribution is -0.115. The van der Waals surface area contributed by atoms with Crippen molar-refractivity contribution in [1.29, 1.82) is 0 Å². The van der Waals surface area contributed by atoms with Gasteiger partial charge in [0.2, 0.25) is 5.91 Å². The number of halogens is 2. The van der Waals surface area contributed by atoms with Crippen LogP contribution in [0.2, 0.25) is 10.2 Å². The quantitative estimate of drug-likeness (QED) is 0.833. The number of terminal acetylenes is 1. The fourth-order valence-electron chi connectivity index (χ4n) is 1.90. The summed E-state index contributed by atoms with van der Waals surface area (Å²) < 4.78 is 1.44. The Bertz CT molecular complexity index is 806. The van der Waals surface area contributed by atoms with Gasteiger partial charge >= 0.3 is 0 Å². The van der Waals surface area contributed by atoms with Crippen molar-refractivity contribution >= 4 is 40.7 Å². The average Bonchev–Trinajstić information content (AvgIpc) is 2.80. The molecule has 0 aliphatic rings. The van der Waals surface area contributed by atoms with E-state index >= 15 is 0 Å². The summed E-state index contributed by atoms with van der Waals surface area (Å²) in [5.74, 6) is 1.65. The normalized spacial score (nSPS) is 10.0. The van der Waals surface area contributed by atoms with Crippen LogP contribution in [0, 0.1) is 12.3 Å². The number of carbonyl (C=O) groups excluding carboxylic acids is 2. The Morgan fingerprint density at radius 1 is 1.30 bits per heavy atom. The molecule has 5 nitrogen and oxygen atoms in total. The van der Waals surface area contributed by atoms with Gasteiger partial charge in [-0.05, 0) is 24.3 Å². The third-order valence-corrected chi connectivity index (χ3v) is 3.91. The van der Waals surface area contributed by atoms with Gasteiger partial charge in [0.15, 0.2) is 0 Å². The van der Waals surface area contributed by atoms with Crippen molar-refractivity contribution in [1.82, 2.24) is 9.88 Å². The number of carbonyl (C=O) groups is 2. The van der Waals surface area contributed by atoms with E-state index in [9.17, 15) is 9.59 Å². The van der Waals surface area contributed by atoms with Gasteiger partial charge in [-0.1, -0.05) is 35.2 Å². The Kier molecular flexibility index (Phi) is 5.32. The van der Waals surface area contributed by atoms with E-state index in [0.717, 1.165) is 0 Å². The molecule has 2 amide bonds. The average molecular weight is 350 g/mol. The van der Waals surface area contributed by atoms with E-state index in [1.165, 1.54) is 10.6 Å². The summed E-state index contributed by atoms with van der Waals surface area (Å²) in [5.41, 5.74) is 1.48. The molecule has 2 N–H and O–H groups in total. The van der Waals surface area contributed by atoms with Gasteiger partial charge < -0.3 is 15.2 Å². The van der Waals surface area contributed by atoms with Crippen LogP contribution in [0.4, 0.5) is 5.69 Å². The van der Waals surface area contributed by atoms with E-state index in [1.807, 2.05) is 0 Å². The second-order valence-corrected chi connectivity index (χ2v) is 5.45. The topological polar surface area (TPSA) is 63.1 Å². The van der Waals surface area contributed by atoms with Crippen molar-refractivity contribution in [3.8, 4) is 12.3 Å². The van der Waals surface area contributed by atoms with E-state index in [-0.39, 0.29) is 28.3 Å². The third-order valence-electron chi connectivity index (χ3n) is 3.07. The third kappa shape index (κ3) is 4.07. The minimum Gasteiger partial charge on any atom is -0.342 e. The molecule has 0 bridgehead atoms. The summed E-state index contributed by atoms with van der Waals surface area (Å²) in [7, 11) is 1.61. The van der Waals surface area contributed by atoms with Crippen LogP contribution in [0.15, 0.2) is 30.3 Å². The molecule has 2 rings (SSSR count). The summed E-state index contributed by atoms with van der Waals surface area (Å²) in [5, 5.41) is 5.68. The molecule has 0 atom stereocenters. The van der Waals surface area contributed by atoms with Gasteiger partial charge in [0, 0.05) is 18.3 Å². The predicted octanol–water partition coefficient (Wildman–Crippen LogP) is 2.68. The lowest BCUT2D eigenvalue weighted by Crippen LogP contribution is -2.33. The number of amides is 2. The Morgan fingerprint density at radius 3 is 2.65 bits per heavy atom. The van der Waals surface area contributed by atoms with Gasteiger partial charge in [0.1, 0.15) is 10.8 Å². The highest BCUT2D eigenvalue weighted by Gasteiger charge is 2.16. The molecular formula is C16H13Cl2N3O2. The summed E-state index contributed by atoms with van der Waals surface area (Å²) in [6.45, 7) is -0.195. The van der Waals surface area contributed by atoms with Gasteiger partial charge in [-0.2, -0.15) is 0 Å². The van der Waals surface area contributed by atoms with Crippen LogP contribution in [0.25, 0.3) is 0 Å². The molecule has 23 heavy (non-hydrogen) atoms. The van der Waals surface area contributed by atoms with Crippen LogP contribution in [0.3, 0.4) is 0 Å². The van der Waals surface area contributed by atoms with Crippen LogP contribution in [-0.4, -0.2) is 22.9 Å². The van der Waals surface area contributed by atoms with Crippen LogP contribution in [-0.2, 0) is 11.8 Å². The molecule has 0 spiro atoms.